The van der Waals surface area contributed by atoms with Gasteiger partial charge in [-0.1, -0.05) is 23.7 Å². The van der Waals surface area contributed by atoms with Gasteiger partial charge in [-0.25, -0.2) is 4.90 Å². The molecule has 1 fully saturated rings. The van der Waals surface area contributed by atoms with Crippen LogP contribution in [0.3, 0.4) is 0 Å². The fraction of sp³-hybridized carbons (Fsp3) is 0.111. The first-order valence-electron chi connectivity index (χ1n) is 7.35. The second-order valence-electron chi connectivity index (χ2n) is 5.47. The van der Waals surface area contributed by atoms with Crippen molar-refractivity contribution in [2.45, 2.75) is 6.42 Å². The van der Waals surface area contributed by atoms with Crippen LogP contribution in [0.4, 0.5) is 5.69 Å². The van der Waals surface area contributed by atoms with Gasteiger partial charge in [-0.2, -0.15) is 0 Å². The molecule has 0 aliphatic carbocycles. The van der Waals surface area contributed by atoms with Crippen molar-refractivity contribution in [3.8, 4) is 11.5 Å². The lowest BCUT2D eigenvalue weighted by Crippen LogP contribution is -2.28. The van der Waals surface area contributed by atoms with Crippen molar-refractivity contribution >= 4 is 35.2 Å². The summed E-state index contributed by atoms with van der Waals surface area (Å²) in [5.41, 5.74) is 1.69. The quantitative estimate of drug-likeness (QED) is 0.620. The first-order chi connectivity index (χ1) is 11.6. The first-order valence-corrected chi connectivity index (χ1v) is 7.73. The molecule has 2 amide bonds. The molecule has 0 aromatic heterocycles. The van der Waals surface area contributed by atoms with E-state index in [4.69, 9.17) is 21.1 Å². The minimum atomic E-state index is -0.333. The van der Waals surface area contributed by atoms with Gasteiger partial charge < -0.3 is 9.47 Å². The molecule has 0 bridgehead atoms. The highest BCUT2D eigenvalue weighted by Gasteiger charge is 2.35. The Morgan fingerprint density at radius 2 is 1.88 bits per heavy atom. The molecule has 24 heavy (non-hydrogen) atoms. The zero-order valence-electron chi connectivity index (χ0n) is 12.5. The number of nitrogens with zero attached hydrogens (tertiary/aromatic N) is 1. The average molecular weight is 342 g/mol. The number of anilines is 1. The zero-order chi connectivity index (χ0) is 16.7. The second kappa shape index (κ2) is 5.69. The highest BCUT2D eigenvalue weighted by atomic mass is 35.5. The summed E-state index contributed by atoms with van der Waals surface area (Å²) < 4.78 is 10.6. The third kappa shape index (κ3) is 2.53. The molecule has 2 aliphatic rings. The van der Waals surface area contributed by atoms with E-state index in [1.807, 2.05) is 6.07 Å². The number of rotatable bonds is 2. The molecule has 5 nitrogen and oxygen atoms in total. The Morgan fingerprint density at radius 1 is 1.04 bits per heavy atom. The zero-order valence-corrected chi connectivity index (χ0v) is 13.2. The van der Waals surface area contributed by atoms with E-state index in [-0.39, 0.29) is 25.0 Å². The summed E-state index contributed by atoms with van der Waals surface area (Å²) in [4.78, 5) is 26.0. The molecule has 120 valence electrons. The van der Waals surface area contributed by atoms with Crippen molar-refractivity contribution in [1.29, 1.82) is 0 Å². The molecule has 6 heteroatoms. The van der Waals surface area contributed by atoms with E-state index in [1.165, 1.54) is 0 Å². The molecule has 0 unspecified atom stereocenters. The standard InChI is InChI=1S/C18H12ClNO4/c19-13-2-1-3-14(9-13)20-17(21)8-12(18(20)22)6-11-4-5-15-16(7-11)24-10-23-15/h1-7,9H,8,10H2/b12-6+. The van der Waals surface area contributed by atoms with Crippen LogP contribution in [0.5, 0.6) is 11.5 Å². The van der Waals surface area contributed by atoms with Crippen LogP contribution in [0.15, 0.2) is 48.0 Å². The molecular formula is C18H12ClNO4. The summed E-state index contributed by atoms with van der Waals surface area (Å²) in [6.45, 7) is 0.190. The third-order valence-electron chi connectivity index (χ3n) is 3.87. The number of ether oxygens (including phenoxy) is 2. The number of amides is 2. The molecule has 1 saturated heterocycles. The minimum absolute atomic E-state index is 0.0553. The topological polar surface area (TPSA) is 55.8 Å². The van der Waals surface area contributed by atoms with Gasteiger partial charge in [-0.05, 0) is 42.0 Å². The summed E-state index contributed by atoms with van der Waals surface area (Å²) in [7, 11) is 0. The van der Waals surface area contributed by atoms with Gasteiger partial charge in [0.1, 0.15) is 0 Å². The van der Waals surface area contributed by atoms with Gasteiger partial charge in [-0.3, -0.25) is 9.59 Å². The Balaban J connectivity index is 1.66. The van der Waals surface area contributed by atoms with Gasteiger partial charge in [-0.15, -0.1) is 0 Å². The fourth-order valence-corrected chi connectivity index (χ4v) is 2.95. The minimum Gasteiger partial charge on any atom is -0.454 e. The van der Waals surface area contributed by atoms with Crippen LogP contribution >= 0.6 is 11.6 Å². The molecule has 0 radical (unpaired) electrons. The van der Waals surface area contributed by atoms with Gasteiger partial charge in [0.05, 0.1) is 12.1 Å². The Hall–Kier alpha value is -2.79. The van der Waals surface area contributed by atoms with Crippen molar-refractivity contribution in [3.63, 3.8) is 0 Å². The SMILES string of the molecule is O=C1C/C(=C\c2ccc3c(c2)OCO3)C(=O)N1c1cccc(Cl)c1. The molecular weight excluding hydrogens is 330 g/mol. The first kappa shape index (κ1) is 14.8. The van der Waals surface area contributed by atoms with Gasteiger partial charge in [0, 0.05) is 10.6 Å². The van der Waals surface area contributed by atoms with Crippen LogP contribution in [0.25, 0.3) is 6.08 Å². The van der Waals surface area contributed by atoms with Crippen molar-refractivity contribution < 1.29 is 19.1 Å². The molecule has 2 aromatic carbocycles. The summed E-state index contributed by atoms with van der Waals surface area (Å²) in [6.07, 6.45) is 1.76. The third-order valence-corrected chi connectivity index (χ3v) is 4.11. The van der Waals surface area contributed by atoms with Gasteiger partial charge >= 0.3 is 0 Å². The van der Waals surface area contributed by atoms with Gasteiger partial charge in [0.25, 0.3) is 5.91 Å². The van der Waals surface area contributed by atoms with Crippen LogP contribution in [0.1, 0.15) is 12.0 Å². The summed E-state index contributed by atoms with van der Waals surface area (Å²) in [5.74, 6) is 0.702. The highest BCUT2D eigenvalue weighted by Crippen LogP contribution is 2.34. The van der Waals surface area contributed by atoms with Gasteiger partial charge in [0.2, 0.25) is 12.7 Å². The Bertz CT molecular complexity index is 890. The van der Waals surface area contributed by atoms with E-state index >= 15 is 0 Å². The van der Waals surface area contributed by atoms with Crippen LogP contribution < -0.4 is 14.4 Å². The molecule has 2 aromatic rings. The molecule has 0 saturated carbocycles. The molecule has 0 N–H and O–H groups in total. The number of carbonyl (C=O) groups excluding carboxylic acids is 2. The molecule has 2 aliphatic heterocycles. The van der Waals surface area contributed by atoms with E-state index in [0.29, 0.717) is 27.8 Å². The molecule has 4 rings (SSSR count). The van der Waals surface area contributed by atoms with Crippen molar-refractivity contribution in [2.75, 3.05) is 11.7 Å². The maximum absolute atomic E-state index is 12.6. The van der Waals surface area contributed by atoms with E-state index in [1.54, 1.807) is 42.5 Å². The second-order valence-corrected chi connectivity index (χ2v) is 5.91. The number of benzene rings is 2. The smallest absolute Gasteiger partial charge is 0.261 e. The summed E-state index contributed by atoms with van der Waals surface area (Å²) in [5, 5.41) is 0.473. The number of fused-ring (bicyclic) bond motifs is 1. The number of hydrogen-bond acceptors (Lipinski definition) is 4. The Kier molecular flexibility index (Phi) is 3.50. The van der Waals surface area contributed by atoms with E-state index in [9.17, 15) is 9.59 Å². The predicted octanol–water partition coefficient (Wildman–Crippen LogP) is 3.42. The number of halogens is 1. The predicted molar refractivity (Wildman–Crippen MR) is 89.1 cm³/mol. The van der Waals surface area contributed by atoms with Crippen molar-refractivity contribution in [1.82, 2.24) is 0 Å². The fourth-order valence-electron chi connectivity index (χ4n) is 2.77. The van der Waals surface area contributed by atoms with Crippen LogP contribution in [0.2, 0.25) is 5.02 Å². The molecule has 0 spiro atoms. The van der Waals surface area contributed by atoms with Crippen molar-refractivity contribution in [2.24, 2.45) is 0 Å². The van der Waals surface area contributed by atoms with E-state index in [0.717, 1.165) is 10.5 Å². The number of hydrogen-bond donors (Lipinski definition) is 0. The monoisotopic (exact) mass is 341 g/mol. The van der Waals surface area contributed by atoms with E-state index in [2.05, 4.69) is 0 Å². The highest BCUT2D eigenvalue weighted by molar-refractivity contribution is 6.32. The summed E-state index contributed by atoms with van der Waals surface area (Å²) >= 11 is 5.95. The van der Waals surface area contributed by atoms with Crippen LogP contribution in [-0.2, 0) is 9.59 Å². The summed E-state index contributed by atoms with van der Waals surface area (Å²) in [6, 6.07) is 12.1. The molecule has 0 atom stereocenters. The normalized spacial score (nSPS) is 17.9. The molecule has 2 heterocycles. The lowest BCUT2D eigenvalue weighted by molar-refractivity contribution is -0.120. The average Bonchev–Trinajstić information content (AvgIpc) is 3.12. The van der Waals surface area contributed by atoms with Crippen LogP contribution in [-0.4, -0.2) is 18.6 Å². The van der Waals surface area contributed by atoms with Gasteiger partial charge in [0.15, 0.2) is 11.5 Å². The maximum Gasteiger partial charge on any atom is 0.261 e. The maximum atomic E-state index is 12.6. The number of imide groups is 1. The largest absolute Gasteiger partial charge is 0.454 e. The van der Waals surface area contributed by atoms with E-state index < -0.39 is 0 Å². The number of carbonyl (C=O) groups is 2. The lowest BCUT2D eigenvalue weighted by Gasteiger charge is -2.13. The van der Waals surface area contributed by atoms with Crippen LogP contribution in [0, 0.1) is 0 Å². The lowest BCUT2D eigenvalue weighted by atomic mass is 10.1. The Morgan fingerprint density at radius 3 is 2.71 bits per heavy atom. The van der Waals surface area contributed by atoms with Crippen molar-refractivity contribution in [3.05, 3.63) is 58.6 Å². The Labute approximate surface area is 143 Å².